The third-order valence-corrected chi connectivity index (χ3v) is 3.29. The van der Waals surface area contributed by atoms with Gasteiger partial charge < -0.3 is 15.0 Å². The molecule has 0 amide bonds. The van der Waals surface area contributed by atoms with E-state index in [0.29, 0.717) is 0 Å². The fraction of sp³-hybridized carbons (Fsp3) is 0.500. The number of benzene rings is 1. The first-order valence-electron chi connectivity index (χ1n) is 7.21. The summed E-state index contributed by atoms with van der Waals surface area (Å²) in [5, 5.41) is 4.75. The minimum atomic E-state index is 0.776. The Morgan fingerprint density at radius 1 is 1.21 bits per heavy atom. The van der Waals surface area contributed by atoms with E-state index in [1.54, 1.807) is 0 Å². The van der Waals surface area contributed by atoms with E-state index in [2.05, 4.69) is 43.2 Å². The average molecular weight is 260 g/mol. The second-order valence-electron chi connectivity index (χ2n) is 4.96. The lowest BCUT2D eigenvalue weighted by atomic mass is 10.1. The Balaban J connectivity index is 2.25. The highest BCUT2D eigenvalue weighted by molar-refractivity contribution is 5.86. The first-order valence-corrected chi connectivity index (χ1v) is 7.21. The molecule has 19 heavy (non-hydrogen) atoms. The van der Waals surface area contributed by atoms with E-state index in [1.807, 2.05) is 6.07 Å². The lowest BCUT2D eigenvalue weighted by molar-refractivity contribution is 0.318. The standard InChI is InChI=1S/C16H24N2O/c1-4-8-17-11-15-12(3)18-16-7-6-13(10-14(15)16)19-9-5-2/h6-7,10,17-18H,4-5,8-9,11H2,1-3H3. The number of fused-ring (bicyclic) bond motifs is 1. The van der Waals surface area contributed by atoms with Crippen molar-refractivity contribution in [3.05, 3.63) is 29.5 Å². The molecule has 0 atom stereocenters. The van der Waals surface area contributed by atoms with Crippen LogP contribution in [0.4, 0.5) is 0 Å². The van der Waals surface area contributed by atoms with Gasteiger partial charge in [-0.3, -0.25) is 0 Å². The molecule has 3 nitrogen and oxygen atoms in total. The van der Waals surface area contributed by atoms with E-state index in [9.17, 15) is 0 Å². The van der Waals surface area contributed by atoms with Gasteiger partial charge in [0.05, 0.1) is 6.61 Å². The third-order valence-electron chi connectivity index (χ3n) is 3.29. The minimum absolute atomic E-state index is 0.776. The van der Waals surface area contributed by atoms with Crippen molar-refractivity contribution in [2.75, 3.05) is 13.2 Å². The van der Waals surface area contributed by atoms with Crippen LogP contribution in [0.1, 0.15) is 37.9 Å². The van der Waals surface area contributed by atoms with Crippen molar-refractivity contribution >= 4 is 10.9 Å². The van der Waals surface area contributed by atoms with Crippen molar-refractivity contribution in [1.29, 1.82) is 0 Å². The van der Waals surface area contributed by atoms with Crippen LogP contribution in [0, 0.1) is 6.92 Å². The highest BCUT2D eigenvalue weighted by Crippen LogP contribution is 2.26. The number of ether oxygens (including phenoxy) is 1. The summed E-state index contributed by atoms with van der Waals surface area (Å²) < 4.78 is 5.72. The van der Waals surface area contributed by atoms with Crippen LogP contribution in [0.15, 0.2) is 18.2 Å². The summed E-state index contributed by atoms with van der Waals surface area (Å²) in [5.41, 5.74) is 3.78. The lowest BCUT2D eigenvalue weighted by Crippen LogP contribution is -2.14. The van der Waals surface area contributed by atoms with Gasteiger partial charge in [0.15, 0.2) is 0 Å². The van der Waals surface area contributed by atoms with E-state index < -0.39 is 0 Å². The van der Waals surface area contributed by atoms with Crippen LogP contribution in [-0.2, 0) is 6.54 Å². The molecule has 104 valence electrons. The van der Waals surface area contributed by atoms with Gasteiger partial charge in [-0.05, 0) is 50.1 Å². The smallest absolute Gasteiger partial charge is 0.120 e. The highest BCUT2D eigenvalue weighted by atomic mass is 16.5. The van der Waals surface area contributed by atoms with Gasteiger partial charge in [-0.2, -0.15) is 0 Å². The molecular weight excluding hydrogens is 236 g/mol. The molecule has 0 bridgehead atoms. The summed E-state index contributed by atoms with van der Waals surface area (Å²) in [6.45, 7) is 9.19. The molecule has 1 heterocycles. The molecule has 1 aromatic carbocycles. The number of nitrogens with one attached hydrogen (secondary N) is 2. The van der Waals surface area contributed by atoms with Crippen molar-refractivity contribution in [1.82, 2.24) is 10.3 Å². The van der Waals surface area contributed by atoms with Crippen LogP contribution in [0.2, 0.25) is 0 Å². The minimum Gasteiger partial charge on any atom is -0.494 e. The van der Waals surface area contributed by atoms with Gasteiger partial charge in [0.25, 0.3) is 0 Å². The lowest BCUT2D eigenvalue weighted by Gasteiger charge is -2.06. The Labute approximate surface area is 115 Å². The van der Waals surface area contributed by atoms with Crippen LogP contribution < -0.4 is 10.1 Å². The quantitative estimate of drug-likeness (QED) is 0.744. The number of rotatable bonds is 7. The molecule has 0 radical (unpaired) electrons. The zero-order valence-electron chi connectivity index (χ0n) is 12.2. The van der Waals surface area contributed by atoms with Crippen molar-refractivity contribution in [2.45, 2.75) is 40.2 Å². The number of aromatic amines is 1. The van der Waals surface area contributed by atoms with Crippen LogP contribution in [0.25, 0.3) is 10.9 Å². The summed E-state index contributed by atoms with van der Waals surface area (Å²) in [6, 6.07) is 6.30. The summed E-state index contributed by atoms with van der Waals surface area (Å²) in [5.74, 6) is 0.963. The van der Waals surface area contributed by atoms with Crippen LogP contribution >= 0.6 is 0 Å². The Morgan fingerprint density at radius 2 is 2.05 bits per heavy atom. The van der Waals surface area contributed by atoms with Gasteiger partial charge in [0.1, 0.15) is 5.75 Å². The monoisotopic (exact) mass is 260 g/mol. The predicted molar refractivity (Wildman–Crippen MR) is 80.8 cm³/mol. The van der Waals surface area contributed by atoms with Crippen molar-refractivity contribution < 1.29 is 4.74 Å². The van der Waals surface area contributed by atoms with E-state index in [1.165, 1.54) is 22.2 Å². The summed E-state index contributed by atoms with van der Waals surface area (Å²) in [6.07, 6.45) is 2.20. The van der Waals surface area contributed by atoms with E-state index in [4.69, 9.17) is 4.74 Å². The molecule has 0 unspecified atom stereocenters. The Kier molecular flexibility index (Phi) is 4.86. The number of aromatic nitrogens is 1. The second-order valence-corrected chi connectivity index (χ2v) is 4.96. The molecule has 0 fully saturated rings. The van der Waals surface area contributed by atoms with Gasteiger partial charge in [-0.15, -0.1) is 0 Å². The zero-order chi connectivity index (χ0) is 13.7. The van der Waals surface area contributed by atoms with Crippen molar-refractivity contribution in [3.63, 3.8) is 0 Å². The second kappa shape index (κ2) is 6.62. The maximum absolute atomic E-state index is 5.72. The Hall–Kier alpha value is -1.48. The molecule has 0 saturated heterocycles. The fourth-order valence-electron chi connectivity index (χ4n) is 2.29. The zero-order valence-corrected chi connectivity index (χ0v) is 12.2. The highest BCUT2D eigenvalue weighted by Gasteiger charge is 2.09. The molecule has 0 saturated carbocycles. The maximum atomic E-state index is 5.72. The van der Waals surface area contributed by atoms with Gasteiger partial charge in [0.2, 0.25) is 0 Å². The number of hydrogen-bond acceptors (Lipinski definition) is 2. The summed E-state index contributed by atoms with van der Waals surface area (Å²) in [7, 11) is 0. The number of H-pyrrole nitrogens is 1. The number of hydrogen-bond donors (Lipinski definition) is 2. The molecule has 0 aliphatic rings. The molecule has 0 aliphatic carbocycles. The van der Waals surface area contributed by atoms with Crippen LogP contribution in [0.3, 0.4) is 0 Å². The molecule has 0 aliphatic heterocycles. The maximum Gasteiger partial charge on any atom is 0.120 e. The van der Waals surface area contributed by atoms with E-state index in [0.717, 1.165) is 38.3 Å². The van der Waals surface area contributed by atoms with Crippen molar-refractivity contribution in [2.24, 2.45) is 0 Å². The molecule has 0 spiro atoms. The summed E-state index contributed by atoms with van der Waals surface area (Å²) in [4.78, 5) is 3.44. The first kappa shape index (κ1) is 13.9. The van der Waals surface area contributed by atoms with Crippen LogP contribution in [0.5, 0.6) is 5.75 Å². The third kappa shape index (κ3) is 3.29. The molecule has 2 N–H and O–H groups in total. The molecule has 1 aromatic heterocycles. The SMILES string of the molecule is CCCNCc1c(C)[nH]c2ccc(OCCC)cc12. The van der Waals surface area contributed by atoms with Gasteiger partial charge in [0, 0.05) is 23.1 Å². The summed E-state index contributed by atoms with van der Waals surface area (Å²) >= 11 is 0. The van der Waals surface area contributed by atoms with Gasteiger partial charge in [-0.1, -0.05) is 13.8 Å². The molecule has 2 aromatic rings. The predicted octanol–water partition coefficient (Wildman–Crippen LogP) is 3.76. The average Bonchev–Trinajstić information content (AvgIpc) is 2.72. The normalized spacial score (nSPS) is 11.1. The molecular formula is C16H24N2O. The van der Waals surface area contributed by atoms with Crippen molar-refractivity contribution in [3.8, 4) is 5.75 Å². The number of aryl methyl sites for hydroxylation is 1. The first-order chi connectivity index (χ1) is 9.26. The molecule has 2 rings (SSSR count). The van der Waals surface area contributed by atoms with Gasteiger partial charge >= 0.3 is 0 Å². The fourth-order valence-corrected chi connectivity index (χ4v) is 2.29. The van der Waals surface area contributed by atoms with Gasteiger partial charge in [-0.25, -0.2) is 0 Å². The Bertz CT molecular complexity index is 531. The largest absolute Gasteiger partial charge is 0.494 e. The van der Waals surface area contributed by atoms with E-state index >= 15 is 0 Å². The van der Waals surface area contributed by atoms with E-state index in [-0.39, 0.29) is 0 Å². The van der Waals surface area contributed by atoms with Crippen LogP contribution in [-0.4, -0.2) is 18.1 Å². The topological polar surface area (TPSA) is 37.0 Å². The Morgan fingerprint density at radius 3 is 2.79 bits per heavy atom. The molecule has 3 heteroatoms.